The van der Waals surface area contributed by atoms with Crippen LogP contribution < -0.4 is 15.4 Å². The minimum absolute atomic E-state index is 0.103. The number of aromatic nitrogens is 3. The van der Waals surface area contributed by atoms with Crippen LogP contribution in [0.2, 0.25) is 0 Å². The number of ether oxygens (including phenoxy) is 1. The molecule has 9 heteroatoms. The number of anilines is 1. The van der Waals surface area contributed by atoms with E-state index in [1.165, 1.54) is 11.8 Å². The molecule has 8 nitrogen and oxygen atoms in total. The van der Waals surface area contributed by atoms with Crippen molar-refractivity contribution in [2.24, 2.45) is 0 Å². The number of methoxy groups -OCH3 is 1. The summed E-state index contributed by atoms with van der Waals surface area (Å²) in [5.74, 6) is 1.41. The lowest BCUT2D eigenvalue weighted by atomic mass is 10.1. The molecule has 33 heavy (non-hydrogen) atoms. The minimum atomic E-state index is -0.104. The zero-order chi connectivity index (χ0) is 23.8. The summed E-state index contributed by atoms with van der Waals surface area (Å²) in [5, 5.41) is 14.9. The number of nitrogens with one attached hydrogen (secondary N) is 2. The first-order chi connectivity index (χ1) is 15.9. The predicted molar refractivity (Wildman–Crippen MR) is 130 cm³/mol. The van der Waals surface area contributed by atoms with Gasteiger partial charge in [0.1, 0.15) is 5.75 Å². The second-order valence-electron chi connectivity index (χ2n) is 7.53. The fourth-order valence-corrected chi connectivity index (χ4v) is 4.07. The molecule has 0 fully saturated rings. The zero-order valence-corrected chi connectivity index (χ0v) is 20.2. The van der Waals surface area contributed by atoms with Gasteiger partial charge in [-0.25, -0.2) is 0 Å². The van der Waals surface area contributed by atoms with Crippen LogP contribution in [0.3, 0.4) is 0 Å². The van der Waals surface area contributed by atoms with Gasteiger partial charge in [0.25, 0.3) is 0 Å². The first-order valence-electron chi connectivity index (χ1n) is 10.7. The van der Waals surface area contributed by atoms with E-state index < -0.39 is 0 Å². The quantitative estimate of drug-likeness (QED) is 0.443. The first kappa shape index (κ1) is 24.3. The van der Waals surface area contributed by atoms with E-state index in [1.54, 1.807) is 7.11 Å². The molecule has 0 radical (unpaired) electrons. The van der Waals surface area contributed by atoms with Crippen molar-refractivity contribution in [3.05, 3.63) is 65.0 Å². The summed E-state index contributed by atoms with van der Waals surface area (Å²) in [7, 11) is 1.61. The van der Waals surface area contributed by atoms with Crippen LogP contribution in [-0.4, -0.2) is 39.4 Å². The van der Waals surface area contributed by atoms with Gasteiger partial charge in [0.05, 0.1) is 25.8 Å². The Balaban J connectivity index is 1.52. The maximum Gasteiger partial charge on any atom is 0.234 e. The van der Waals surface area contributed by atoms with Gasteiger partial charge < -0.3 is 19.9 Å². The summed E-state index contributed by atoms with van der Waals surface area (Å²) in [6.45, 7) is 6.89. The standard InChI is InChI=1S/C24H29N5O3S/c1-5-29-21(14-25-22(30)13-18-9-11-19(32-4)12-10-18)27-28-24(29)33-15-23(31)26-20-8-6-7-16(2)17(20)3/h6-12H,5,13-15H2,1-4H3,(H,25,30)(H,26,31). The van der Waals surface area contributed by atoms with Crippen molar-refractivity contribution in [2.45, 2.75) is 45.4 Å². The van der Waals surface area contributed by atoms with Crippen molar-refractivity contribution in [2.75, 3.05) is 18.2 Å². The van der Waals surface area contributed by atoms with Gasteiger partial charge in [-0.15, -0.1) is 10.2 Å². The molecule has 0 aliphatic carbocycles. The van der Waals surface area contributed by atoms with E-state index in [1.807, 2.05) is 67.8 Å². The van der Waals surface area contributed by atoms with Gasteiger partial charge in [0.15, 0.2) is 11.0 Å². The van der Waals surface area contributed by atoms with Crippen LogP contribution in [0.15, 0.2) is 47.6 Å². The van der Waals surface area contributed by atoms with Crippen molar-refractivity contribution in [1.82, 2.24) is 20.1 Å². The normalized spacial score (nSPS) is 10.7. The first-order valence-corrected chi connectivity index (χ1v) is 11.7. The smallest absolute Gasteiger partial charge is 0.234 e. The topological polar surface area (TPSA) is 98.1 Å². The highest BCUT2D eigenvalue weighted by molar-refractivity contribution is 7.99. The van der Waals surface area contributed by atoms with Crippen LogP contribution >= 0.6 is 11.8 Å². The Morgan fingerprint density at radius 3 is 2.52 bits per heavy atom. The number of hydrogen-bond donors (Lipinski definition) is 2. The molecular formula is C24H29N5O3S. The van der Waals surface area contributed by atoms with Crippen LogP contribution in [0.4, 0.5) is 5.69 Å². The number of aryl methyl sites for hydroxylation is 1. The molecule has 3 rings (SSSR count). The van der Waals surface area contributed by atoms with Gasteiger partial charge in [0.2, 0.25) is 11.8 Å². The molecule has 0 saturated heterocycles. The Bertz CT molecular complexity index is 1110. The summed E-state index contributed by atoms with van der Waals surface area (Å²) in [5.41, 5.74) is 3.90. The van der Waals surface area contributed by atoms with E-state index in [-0.39, 0.29) is 30.5 Å². The highest BCUT2D eigenvalue weighted by atomic mass is 32.2. The number of hydrogen-bond acceptors (Lipinski definition) is 6. The molecule has 174 valence electrons. The summed E-state index contributed by atoms with van der Waals surface area (Å²) in [6, 6.07) is 13.2. The maximum absolute atomic E-state index is 12.4. The third-order valence-electron chi connectivity index (χ3n) is 5.29. The van der Waals surface area contributed by atoms with Gasteiger partial charge in [-0.05, 0) is 55.7 Å². The molecule has 0 spiro atoms. The van der Waals surface area contributed by atoms with Gasteiger partial charge in [-0.1, -0.05) is 36.0 Å². The van der Waals surface area contributed by atoms with Crippen LogP contribution in [0.25, 0.3) is 0 Å². The second kappa shape index (κ2) is 11.5. The van der Waals surface area contributed by atoms with Crippen molar-refractivity contribution in [3.63, 3.8) is 0 Å². The number of carbonyl (C=O) groups is 2. The van der Waals surface area contributed by atoms with Crippen molar-refractivity contribution in [1.29, 1.82) is 0 Å². The van der Waals surface area contributed by atoms with E-state index in [2.05, 4.69) is 20.8 Å². The maximum atomic E-state index is 12.4. The molecular weight excluding hydrogens is 438 g/mol. The Labute approximate surface area is 198 Å². The number of amides is 2. The molecule has 0 aliphatic heterocycles. The lowest BCUT2D eigenvalue weighted by Crippen LogP contribution is -2.26. The fraction of sp³-hybridized carbons (Fsp3) is 0.333. The van der Waals surface area contributed by atoms with Crippen LogP contribution in [-0.2, 0) is 29.1 Å². The largest absolute Gasteiger partial charge is 0.497 e. The van der Waals surface area contributed by atoms with Gasteiger partial charge in [-0.3, -0.25) is 9.59 Å². The van der Waals surface area contributed by atoms with Crippen molar-refractivity contribution in [3.8, 4) is 5.75 Å². The Hall–Kier alpha value is -3.33. The predicted octanol–water partition coefficient (Wildman–Crippen LogP) is 3.51. The summed E-state index contributed by atoms with van der Waals surface area (Å²) < 4.78 is 7.04. The molecule has 0 aliphatic rings. The van der Waals surface area contributed by atoms with Gasteiger partial charge in [0, 0.05) is 12.2 Å². The lowest BCUT2D eigenvalue weighted by molar-refractivity contribution is -0.120. The van der Waals surface area contributed by atoms with Crippen molar-refractivity contribution < 1.29 is 14.3 Å². The molecule has 0 saturated carbocycles. The van der Waals surface area contributed by atoms with E-state index in [4.69, 9.17) is 4.74 Å². The average Bonchev–Trinajstić information content (AvgIpc) is 3.21. The molecule has 1 aromatic heterocycles. The Kier molecular flexibility index (Phi) is 8.48. The van der Waals surface area contributed by atoms with Crippen LogP contribution in [0.5, 0.6) is 5.75 Å². The third-order valence-corrected chi connectivity index (χ3v) is 6.25. The molecule has 2 aromatic carbocycles. The summed E-state index contributed by atoms with van der Waals surface area (Å²) >= 11 is 1.32. The molecule has 1 heterocycles. The van der Waals surface area contributed by atoms with Gasteiger partial charge >= 0.3 is 0 Å². The van der Waals surface area contributed by atoms with Gasteiger partial charge in [-0.2, -0.15) is 0 Å². The SMILES string of the molecule is CCn1c(CNC(=O)Cc2ccc(OC)cc2)nnc1SCC(=O)Nc1cccc(C)c1C. The Morgan fingerprint density at radius 1 is 1.06 bits per heavy atom. The monoisotopic (exact) mass is 467 g/mol. The van der Waals surface area contributed by atoms with E-state index >= 15 is 0 Å². The highest BCUT2D eigenvalue weighted by Crippen LogP contribution is 2.20. The molecule has 0 unspecified atom stereocenters. The van der Waals surface area contributed by atoms with E-state index in [9.17, 15) is 9.59 Å². The highest BCUT2D eigenvalue weighted by Gasteiger charge is 2.15. The third kappa shape index (κ3) is 6.58. The number of rotatable bonds is 10. The second-order valence-corrected chi connectivity index (χ2v) is 8.47. The van der Waals surface area contributed by atoms with Crippen molar-refractivity contribution >= 4 is 29.3 Å². The molecule has 2 amide bonds. The summed E-state index contributed by atoms with van der Waals surface area (Å²) in [4.78, 5) is 24.8. The number of carbonyl (C=O) groups excluding carboxylic acids is 2. The molecule has 0 bridgehead atoms. The number of nitrogens with zero attached hydrogens (tertiary/aromatic N) is 3. The molecule has 2 N–H and O–H groups in total. The Morgan fingerprint density at radius 2 is 1.82 bits per heavy atom. The lowest BCUT2D eigenvalue weighted by Gasteiger charge is -2.11. The minimum Gasteiger partial charge on any atom is -0.497 e. The number of benzene rings is 2. The molecule has 3 aromatic rings. The average molecular weight is 468 g/mol. The fourth-order valence-electron chi connectivity index (χ4n) is 3.25. The van der Waals surface area contributed by atoms with Crippen LogP contribution in [0, 0.1) is 13.8 Å². The van der Waals surface area contributed by atoms with Crippen LogP contribution in [0.1, 0.15) is 29.4 Å². The van der Waals surface area contributed by atoms with E-state index in [0.29, 0.717) is 17.5 Å². The summed E-state index contributed by atoms with van der Waals surface area (Å²) in [6.07, 6.45) is 0.268. The number of thioether (sulfide) groups is 1. The zero-order valence-electron chi connectivity index (χ0n) is 19.3. The molecule has 0 atom stereocenters. The van der Waals surface area contributed by atoms with E-state index in [0.717, 1.165) is 28.1 Å².